The van der Waals surface area contributed by atoms with Crippen LogP contribution >= 0.6 is 23.2 Å². The summed E-state index contributed by atoms with van der Waals surface area (Å²) in [7, 11) is 0. The maximum Gasteiger partial charge on any atom is 0.416 e. The molecule has 0 aromatic heterocycles. The molecule has 1 fully saturated rings. The maximum absolute atomic E-state index is 13.2. The van der Waals surface area contributed by atoms with Crippen molar-refractivity contribution in [3.63, 3.8) is 0 Å². The molecule has 1 rings (SSSR count). The molecular formula is C32H50Cl2F3N5O2. The molecule has 1 aliphatic rings. The van der Waals surface area contributed by atoms with Gasteiger partial charge in [-0.05, 0) is 32.9 Å². The first-order valence-electron chi connectivity index (χ1n) is 14.4. The molecule has 250 valence electrons. The third-order valence-corrected chi connectivity index (χ3v) is 6.42. The van der Waals surface area contributed by atoms with Gasteiger partial charge in [0, 0.05) is 54.9 Å². The predicted octanol–water partition coefficient (Wildman–Crippen LogP) is 7.68. The molecule has 44 heavy (non-hydrogen) atoms. The quantitative estimate of drug-likeness (QED) is 0.0758. The van der Waals surface area contributed by atoms with E-state index in [2.05, 4.69) is 24.1 Å². The van der Waals surface area contributed by atoms with E-state index < -0.39 is 23.9 Å². The molecule has 1 N–H and O–H groups in total. The first kappa shape index (κ1) is 45.7. The Kier molecular flexibility index (Phi) is 27.8. The second-order valence-corrected chi connectivity index (χ2v) is 9.20. The molecule has 1 saturated heterocycles. The van der Waals surface area contributed by atoms with Crippen LogP contribution in [-0.4, -0.2) is 90.1 Å². The second-order valence-electron chi connectivity index (χ2n) is 8.48. The summed E-state index contributed by atoms with van der Waals surface area (Å²) in [5.74, 6) is 0.0576. The van der Waals surface area contributed by atoms with E-state index in [1.807, 2.05) is 39.4 Å². The van der Waals surface area contributed by atoms with E-state index in [4.69, 9.17) is 38.3 Å². The number of aliphatic hydroxyl groups is 1. The zero-order valence-corrected chi connectivity index (χ0v) is 28.7. The van der Waals surface area contributed by atoms with Crippen molar-refractivity contribution in [1.82, 2.24) is 14.7 Å². The lowest BCUT2D eigenvalue weighted by atomic mass is 10.1. The standard InChI is InChI=1S/C27H36Cl2F3N5O.2C2H6.CH2O/c1-6-13-37(21(5)9-10-22(7-2)27(30,31)32)25(23(8-3)24(29)11-12-28)34-19-35-14-16-36(17-15-35)26(38)20(4)18-33;3*1-2/h6-11,20,26,38H,1,5,12-17,19H2,2-4H3;2*1-2H3;1H2/b10-9-,22-7+,23-8+,24-11+,34-25-;;;. The Hall–Kier alpha value is -2.68. The molecule has 0 aromatic rings. The van der Waals surface area contributed by atoms with Crippen LogP contribution in [0.25, 0.3) is 0 Å². The number of aliphatic imine (C=N–C) groups is 1. The van der Waals surface area contributed by atoms with Crippen molar-refractivity contribution in [3.05, 3.63) is 71.5 Å². The summed E-state index contributed by atoms with van der Waals surface area (Å²) in [6, 6.07) is 2.06. The number of rotatable bonds is 12. The van der Waals surface area contributed by atoms with Crippen LogP contribution in [0.4, 0.5) is 13.2 Å². The maximum atomic E-state index is 13.2. The smallest absolute Gasteiger partial charge is 0.377 e. The third kappa shape index (κ3) is 16.4. The Morgan fingerprint density at radius 3 is 2.07 bits per heavy atom. The van der Waals surface area contributed by atoms with Gasteiger partial charge in [0.1, 0.15) is 18.9 Å². The SMILES string of the molecule is C=CCN(C(=C)/C=C\C(=C/C)C(F)(F)F)C(=N\CN1CCN(C(O)C(C)C#N)CC1)/C(=C/C)C(/Cl)=C\CCl.C=O.CC.CC. The highest BCUT2D eigenvalue weighted by Crippen LogP contribution is 2.28. The number of piperazine rings is 1. The fourth-order valence-corrected chi connectivity index (χ4v) is 4.19. The molecular weight excluding hydrogens is 614 g/mol. The Morgan fingerprint density at radius 2 is 1.66 bits per heavy atom. The fraction of sp³-hybridized carbons (Fsp3) is 0.531. The first-order valence-corrected chi connectivity index (χ1v) is 15.3. The van der Waals surface area contributed by atoms with Crippen LogP contribution in [0.1, 0.15) is 48.5 Å². The van der Waals surface area contributed by atoms with E-state index in [-0.39, 0.29) is 24.8 Å². The van der Waals surface area contributed by atoms with E-state index >= 15 is 0 Å². The minimum atomic E-state index is -4.49. The minimum Gasteiger partial charge on any atom is -0.377 e. The first-order chi connectivity index (χ1) is 20.9. The van der Waals surface area contributed by atoms with E-state index in [0.29, 0.717) is 42.6 Å². The Bertz CT molecular complexity index is 1030. The summed E-state index contributed by atoms with van der Waals surface area (Å²) in [4.78, 5) is 18.4. The molecule has 0 bridgehead atoms. The molecule has 1 heterocycles. The average molecular weight is 665 g/mol. The van der Waals surface area contributed by atoms with E-state index in [9.17, 15) is 18.3 Å². The summed E-state index contributed by atoms with van der Waals surface area (Å²) in [6.45, 7) is 25.3. The van der Waals surface area contributed by atoms with Crippen LogP contribution in [-0.2, 0) is 4.79 Å². The molecule has 0 saturated carbocycles. The van der Waals surface area contributed by atoms with Crippen LogP contribution in [0, 0.1) is 17.2 Å². The molecule has 0 spiro atoms. The van der Waals surface area contributed by atoms with Crippen LogP contribution in [0.5, 0.6) is 0 Å². The fourth-order valence-electron chi connectivity index (χ4n) is 3.69. The van der Waals surface area contributed by atoms with Gasteiger partial charge in [-0.15, -0.1) is 18.2 Å². The second kappa shape index (κ2) is 26.7. The predicted molar refractivity (Wildman–Crippen MR) is 179 cm³/mol. The lowest BCUT2D eigenvalue weighted by molar-refractivity contribution is -0.0980. The van der Waals surface area contributed by atoms with Gasteiger partial charge in [0.05, 0.1) is 24.2 Å². The normalized spacial score (nSPS) is 16.6. The molecule has 7 nitrogen and oxygen atoms in total. The number of hydrogen-bond donors (Lipinski definition) is 1. The number of allylic oxidation sites excluding steroid dienone is 6. The van der Waals surface area contributed by atoms with Crippen LogP contribution in [0.3, 0.4) is 0 Å². The molecule has 2 unspecified atom stereocenters. The molecule has 2 atom stereocenters. The van der Waals surface area contributed by atoms with Gasteiger partial charge in [-0.25, -0.2) is 0 Å². The molecule has 0 aromatic carbocycles. The summed E-state index contributed by atoms with van der Waals surface area (Å²) in [5.41, 5.74) is 0.0101. The zero-order chi connectivity index (χ0) is 34.9. The molecule has 0 amide bonds. The summed E-state index contributed by atoms with van der Waals surface area (Å²) in [6.07, 6.45) is 2.86. The monoisotopic (exact) mass is 663 g/mol. The van der Waals surface area contributed by atoms with Crippen molar-refractivity contribution in [2.45, 2.75) is 60.9 Å². The summed E-state index contributed by atoms with van der Waals surface area (Å²) in [5, 5.41) is 19.7. The van der Waals surface area contributed by atoms with Crippen molar-refractivity contribution >= 4 is 35.8 Å². The van der Waals surface area contributed by atoms with E-state index in [1.54, 1.807) is 37.0 Å². The third-order valence-electron chi connectivity index (χ3n) is 5.90. The number of hydrogen-bond acceptors (Lipinski definition) is 6. The van der Waals surface area contributed by atoms with Crippen molar-refractivity contribution < 1.29 is 23.1 Å². The highest BCUT2D eigenvalue weighted by Gasteiger charge is 2.31. The van der Waals surface area contributed by atoms with Crippen LogP contribution in [0.15, 0.2) is 76.5 Å². The highest BCUT2D eigenvalue weighted by molar-refractivity contribution is 6.36. The van der Waals surface area contributed by atoms with E-state index in [0.717, 1.165) is 12.2 Å². The largest absolute Gasteiger partial charge is 0.416 e. The van der Waals surface area contributed by atoms with E-state index in [1.165, 1.54) is 13.0 Å². The molecule has 0 radical (unpaired) electrons. The van der Waals surface area contributed by atoms with Gasteiger partial charge < -0.3 is 14.8 Å². The van der Waals surface area contributed by atoms with Gasteiger partial charge in [0.25, 0.3) is 0 Å². The van der Waals surface area contributed by atoms with Gasteiger partial charge in [0.2, 0.25) is 0 Å². The number of carbonyl (C=O) groups excluding carboxylic acids is 1. The molecule has 12 heteroatoms. The number of nitriles is 1. The number of amidine groups is 1. The summed E-state index contributed by atoms with van der Waals surface area (Å²) < 4.78 is 39.7. The average Bonchev–Trinajstić information content (AvgIpc) is 3.04. The number of aliphatic hydroxyl groups excluding tert-OH is 1. The zero-order valence-electron chi connectivity index (χ0n) is 27.2. The van der Waals surface area contributed by atoms with Gasteiger partial charge in [-0.1, -0.05) is 70.2 Å². The van der Waals surface area contributed by atoms with Crippen molar-refractivity contribution in [3.8, 4) is 6.07 Å². The number of halogens is 5. The molecule has 0 aliphatic carbocycles. The van der Waals surface area contributed by atoms with Crippen LogP contribution < -0.4 is 0 Å². The van der Waals surface area contributed by atoms with Crippen molar-refractivity contribution in [1.29, 1.82) is 5.26 Å². The topological polar surface area (TPSA) is 83.2 Å². The Morgan fingerprint density at radius 1 is 1.11 bits per heavy atom. The number of alkyl halides is 4. The summed E-state index contributed by atoms with van der Waals surface area (Å²) >= 11 is 12.4. The minimum absolute atomic E-state index is 0.160. The Balaban J connectivity index is -0.00000263. The van der Waals surface area contributed by atoms with Gasteiger partial charge >= 0.3 is 6.18 Å². The number of nitrogens with zero attached hydrogens (tertiary/aromatic N) is 5. The van der Waals surface area contributed by atoms with Gasteiger partial charge in [0.15, 0.2) is 0 Å². The highest BCUT2D eigenvalue weighted by atomic mass is 35.5. The lowest BCUT2D eigenvalue weighted by Gasteiger charge is -2.37. The molecule has 1 aliphatic heterocycles. The van der Waals surface area contributed by atoms with Crippen molar-refractivity contribution in [2.75, 3.05) is 45.3 Å². The van der Waals surface area contributed by atoms with Gasteiger partial charge in [-0.2, -0.15) is 18.4 Å². The van der Waals surface area contributed by atoms with Gasteiger partial charge in [-0.3, -0.25) is 14.8 Å². The Labute approximate surface area is 273 Å². The lowest BCUT2D eigenvalue weighted by Crippen LogP contribution is -2.52. The van der Waals surface area contributed by atoms with Crippen LogP contribution in [0.2, 0.25) is 0 Å². The van der Waals surface area contributed by atoms with Crippen molar-refractivity contribution in [2.24, 2.45) is 10.9 Å². The number of carbonyl (C=O) groups is 1.